The molecule has 0 unspecified atom stereocenters. The fourth-order valence-electron chi connectivity index (χ4n) is 3.31. The van der Waals surface area contributed by atoms with Gasteiger partial charge >= 0.3 is 0 Å². The number of hydrogen-bond donors (Lipinski definition) is 0. The molecular weight excluding hydrogens is 222 g/mol. The summed E-state index contributed by atoms with van der Waals surface area (Å²) in [4.78, 5) is 12.1. The van der Waals surface area contributed by atoms with Gasteiger partial charge in [0.25, 0.3) is 0 Å². The lowest BCUT2D eigenvalue weighted by atomic mass is 9.76. The van der Waals surface area contributed by atoms with E-state index in [2.05, 4.69) is 24.6 Å². The van der Waals surface area contributed by atoms with Crippen molar-refractivity contribution in [2.75, 3.05) is 0 Å². The van der Waals surface area contributed by atoms with Gasteiger partial charge in [0.15, 0.2) is 5.78 Å². The van der Waals surface area contributed by atoms with Gasteiger partial charge < -0.3 is 4.57 Å². The lowest BCUT2D eigenvalue weighted by molar-refractivity contribution is 0.0909. The number of aromatic nitrogens is 1. The van der Waals surface area contributed by atoms with Gasteiger partial charge in [-0.25, -0.2) is 0 Å². The lowest BCUT2D eigenvalue weighted by Crippen LogP contribution is -2.28. The molecule has 1 aromatic heterocycles. The van der Waals surface area contributed by atoms with Gasteiger partial charge in [0.1, 0.15) is 0 Å². The SMILES string of the molecule is CC1(C)CC(=O)c2ccn(CCC3CCC3)c2C1. The number of carbonyl (C=O) groups excluding carboxylic acids is 1. The average Bonchev–Trinajstić information content (AvgIpc) is 2.57. The van der Waals surface area contributed by atoms with E-state index in [1.807, 2.05) is 6.07 Å². The zero-order chi connectivity index (χ0) is 12.8. The maximum Gasteiger partial charge on any atom is 0.165 e. The molecule has 98 valence electrons. The van der Waals surface area contributed by atoms with Crippen LogP contribution in [0.3, 0.4) is 0 Å². The molecule has 1 aromatic rings. The third kappa shape index (κ3) is 2.13. The van der Waals surface area contributed by atoms with Crippen molar-refractivity contribution in [1.82, 2.24) is 4.57 Å². The van der Waals surface area contributed by atoms with E-state index in [4.69, 9.17) is 0 Å². The predicted molar refractivity (Wildman–Crippen MR) is 72.8 cm³/mol. The number of Topliss-reactive ketones (excluding diaryl/α,β-unsaturated/α-hetero) is 1. The Labute approximate surface area is 109 Å². The minimum absolute atomic E-state index is 0.136. The lowest BCUT2D eigenvalue weighted by Gasteiger charge is -2.30. The molecule has 0 aromatic carbocycles. The average molecular weight is 245 g/mol. The molecule has 2 aliphatic carbocycles. The second-order valence-corrected chi connectivity index (χ2v) is 6.90. The molecule has 2 heteroatoms. The Morgan fingerprint density at radius 3 is 2.78 bits per heavy atom. The van der Waals surface area contributed by atoms with E-state index in [9.17, 15) is 4.79 Å². The molecular formula is C16H23NO. The Morgan fingerprint density at radius 1 is 1.33 bits per heavy atom. The first-order chi connectivity index (χ1) is 8.55. The van der Waals surface area contributed by atoms with Crippen LogP contribution in [0.25, 0.3) is 0 Å². The van der Waals surface area contributed by atoms with Gasteiger partial charge in [-0.3, -0.25) is 4.79 Å². The molecule has 3 rings (SSSR count). The van der Waals surface area contributed by atoms with Crippen molar-refractivity contribution in [3.05, 3.63) is 23.5 Å². The first-order valence-corrected chi connectivity index (χ1v) is 7.26. The summed E-state index contributed by atoms with van der Waals surface area (Å²) >= 11 is 0. The molecule has 0 aliphatic heterocycles. The highest BCUT2D eigenvalue weighted by molar-refractivity contribution is 5.98. The Bertz CT molecular complexity index is 465. The van der Waals surface area contributed by atoms with Crippen molar-refractivity contribution in [3.8, 4) is 0 Å². The first-order valence-electron chi connectivity index (χ1n) is 7.26. The van der Waals surface area contributed by atoms with Gasteiger partial charge in [-0.15, -0.1) is 0 Å². The summed E-state index contributed by atoms with van der Waals surface area (Å²) in [5.41, 5.74) is 2.41. The van der Waals surface area contributed by atoms with E-state index in [1.54, 1.807) is 0 Å². The molecule has 0 saturated heterocycles. The van der Waals surface area contributed by atoms with Crippen LogP contribution < -0.4 is 0 Å². The molecule has 0 bridgehead atoms. The van der Waals surface area contributed by atoms with Crippen LogP contribution >= 0.6 is 0 Å². The summed E-state index contributed by atoms with van der Waals surface area (Å²) in [6.07, 6.45) is 9.40. The molecule has 18 heavy (non-hydrogen) atoms. The van der Waals surface area contributed by atoms with Crippen LogP contribution in [0.5, 0.6) is 0 Å². The van der Waals surface area contributed by atoms with Crippen molar-refractivity contribution in [3.63, 3.8) is 0 Å². The van der Waals surface area contributed by atoms with Crippen molar-refractivity contribution in [1.29, 1.82) is 0 Å². The highest BCUT2D eigenvalue weighted by Crippen LogP contribution is 2.36. The molecule has 0 atom stereocenters. The minimum Gasteiger partial charge on any atom is -0.351 e. The molecule has 2 aliphatic rings. The standard InChI is InChI=1S/C16H23NO/c1-16(2)10-14-13(15(18)11-16)7-9-17(14)8-6-12-4-3-5-12/h7,9,12H,3-6,8,10-11H2,1-2H3. The van der Waals surface area contributed by atoms with Crippen LogP contribution in [-0.4, -0.2) is 10.4 Å². The topological polar surface area (TPSA) is 22.0 Å². The van der Waals surface area contributed by atoms with E-state index in [0.29, 0.717) is 12.2 Å². The smallest absolute Gasteiger partial charge is 0.165 e. The summed E-state index contributed by atoms with van der Waals surface area (Å²) in [6, 6.07) is 2.04. The third-order valence-corrected chi connectivity index (χ3v) is 4.67. The Balaban J connectivity index is 1.78. The van der Waals surface area contributed by atoms with E-state index in [1.165, 1.54) is 31.4 Å². The van der Waals surface area contributed by atoms with Crippen LogP contribution in [0, 0.1) is 11.3 Å². The van der Waals surface area contributed by atoms with Gasteiger partial charge in [0.05, 0.1) is 0 Å². The van der Waals surface area contributed by atoms with Crippen LogP contribution in [-0.2, 0) is 13.0 Å². The quantitative estimate of drug-likeness (QED) is 0.793. The van der Waals surface area contributed by atoms with Crippen molar-refractivity contribution in [2.45, 2.75) is 58.9 Å². The van der Waals surface area contributed by atoms with E-state index in [-0.39, 0.29) is 5.41 Å². The maximum absolute atomic E-state index is 12.1. The number of nitrogens with zero attached hydrogens (tertiary/aromatic N) is 1. The van der Waals surface area contributed by atoms with E-state index >= 15 is 0 Å². The molecule has 0 spiro atoms. The third-order valence-electron chi connectivity index (χ3n) is 4.67. The van der Waals surface area contributed by atoms with Gasteiger partial charge in [0.2, 0.25) is 0 Å². The number of fused-ring (bicyclic) bond motifs is 1. The maximum atomic E-state index is 12.1. The molecule has 1 heterocycles. The molecule has 2 nitrogen and oxygen atoms in total. The number of hydrogen-bond acceptors (Lipinski definition) is 1. The second-order valence-electron chi connectivity index (χ2n) is 6.90. The fraction of sp³-hybridized carbons (Fsp3) is 0.688. The zero-order valence-electron chi connectivity index (χ0n) is 11.5. The van der Waals surface area contributed by atoms with Crippen LogP contribution in [0.2, 0.25) is 0 Å². The molecule has 0 radical (unpaired) electrons. The summed E-state index contributed by atoms with van der Waals surface area (Å²) in [7, 11) is 0. The first kappa shape index (κ1) is 12.0. The highest BCUT2D eigenvalue weighted by Gasteiger charge is 2.33. The van der Waals surface area contributed by atoms with Gasteiger partial charge in [-0.05, 0) is 30.2 Å². The molecule has 0 amide bonds. The molecule has 0 N–H and O–H groups in total. The predicted octanol–water partition coefficient (Wildman–Crippen LogP) is 3.83. The van der Waals surface area contributed by atoms with Crippen LogP contribution in [0.1, 0.15) is 62.0 Å². The number of rotatable bonds is 3. The number of carbonyl (C=O) groups is 1. The van der Waals surface area contributed by atoms with Gasteiger partial charge in [-0.1, -0.05) is 33.1 Å². The van der Waals surface area contributed by atoms with Crippen LogP contribution in [0.4, 0.5) is 0 Å². The monoisotopic (exact) mass is 245 g/mol. The Morgan fingerprint density at radius 2 is 2.11 bits per heavy atom. The van der Waals surface area contributed by atoms with Crippen molar-refractivity contribution >= 4 is 5.78 Å². The molecule has 1 saturated carbocycles. The fourth-order valence-corrected chi connectivity index (χ4v) is 3.31. The zero-order valence-corrected chi connectivity index (χ0v) is 11.5. The van der Waals surface area contributed by atoms with Crippen molar-refractivity contribution < 1.29 is 4.79 Å². The number of ketones is 1. The summed E-state index contributed by atoms with van der Waals surface area (Å²) < 4.78 is 2.34. The number of aryl methyl sites for hydroxylation is 1. The summed E-state index contributed by atoms with van der Waals surface area (Å²) in [5, 5.41) is 0. The highest BCUT2D eigenvalue weighted by atomic mass is 16.1. The minimum atomic E-state index is 0.136. The normalized spacial score (nSPS) is 22.7. The van der Waals surface area contributed by atoms with Gasteiger partial charge in [-0.2, -0.15) is 0 Å². The summed E-state index contributed by atoms with van der Waals surface area (Å²) in [6.45, 7) is 5.51. The Kier molecular flexibility index (Phi) is 2.84. The van der Waals surface area contributed by atoms with Crippen molar-refractivity contribution in [2.24, 2.45) is 11.3 Å². The second kappa shape index (κ2) is 4.25. The van der Waals surface area contributed by atoms with E-state index in [0.717, 1.165) is 24.4 Å². The largest absolute Gasteiger partial charge is 0.351 e. The van der Waals surface area contributed by atoms with E-state index < -0.39 is 0 Å². The Hall–Kier alpha value is -1.05. The molecule has 1 fully saturated rings. The van der Waals surface area contributed by atoms with Gasteiger partial charge in [0, 0.05) is 30.4 Å². The van der Waals surface area contributed by atoms with Crippen LogP contribution in [0.15, 0.2) is 12.3 Å². The summed E-state index contributed by atoms with van der Waals surface area (Å²) in [5.74, 6) is 1.28.